The number of hydrogen-bond acceptors (Lipinski definition) is 4. The monoisotopic (exact) mass is 340 g/mol. The van der Waals surface area contributed by atoms with E-state index < -0.39 is 16.0 Å². The van der Waals surface area contributed by atoms with Gasteiger partial charge in [-0.15, -0.1) is 0 Å². The van der Waals surface area contributed by atoms with Crippen LogP contribution in [-0.4, -0.2) is 37.7 Å². The Labute approximate surface area is 135 Å². The molecule has 0 spiro atoms. The number of anilines is 2. The average molecular weight is 340 g/mol. The molecule has 1 aromatic rings. The minimum Gasteiger partial charge on any atom is -0.481 e. The zero-order chi connectivity index (χ0) is 16.9. The van der Waals surface area contributed by atoms with Crippen molar-refractivity contribution in [1.29, 1.82) is 0 Å². The number of sulfonamides is 1. The van der Waals surface area contributed by atoms with Crippen LogP contribution in [-0.2, 0) is 19.6 Å². The van der Waals surface area contributed by atoms with Gasteiger partial charge in [0, 0.05) is 25.1 Å². The van der Waals surface area contributed by atoms with Crippen molar-refractivity contribution in [2.24, 2.45) is 0 Å². The zero-order valence-electron chi connectivity index (χ0n) is 12.7. The first-order valence-corrected chi connectivity index (χ1v) is 9.11. The van der Waals surface area contributed by atoms with Gasteiger partial charge in [-0.1, -0.05) is 0 Å². The highest BCUT2D eigenvalue weighted by molar-refractivity contribution is 7.93. The summed E-state index contributed by atoms with van der Waals surface area (Å²) in [6, 6.07) is 6.67. The first-order valence-electron chi connectivity index (χ1n) is 7.50. The third-order valence-corrected chi connectivity index (χ3v) is 5.45. The molecule has 8 heteroatoms. The third-order valence-electron chi connectivity index (χ3n) is 3.58. The second-order valence-electron chi connectivity index (χ2n) is 5.44. The van der Waals surface area contributed by atoms with Gasteiger partial charge in [-0.3, -0.25) is 13.9 Å². The van der Waals surface area contributed by atoms with Crippen LogP contribution in [0, 0.1) is 0 Å². The van der Waals surface area contributed by atoms with Crippen LogP contribution in [0.3, 0.4) is 0 Å². The van der Waals surface area contributed by atoms with E-state index >= 15 is 0 Å². The number of rotatable bonds is 7. The number of carboxylic acids is 1. The maximum Gasteiger partial charge on any atom is 0.303 e. The predicted octanol–water partition coefficient (Wildman–Crippen LogP) is 1.81. The summed E-state index contributed by atoms with van der Waals surface area (Å²) in [4.78, 5) is 22.1. The van der Waals surface area contributed by atoms with E-state index in [1.165, 1.54) is 4.31 Å². The highest BCUT2D eigenvalue weighted by Crippen LogP contribution is 2.25. The number of carbonyl (C=O) groups is 2. The predicted molar refractivity (Wildman–Crippen MR) is 86.9 cm³/mol. The Morgan fingerprint density at radius 1 is 1.13 bits per heavy atom. The lowest BCUT2D eigenvalue weighted by Gasteiger charge is -2.17. The lowest BCUT2D eigenvalue weighted by Crippen LogP contribution is -2.24. The summed E-state index contributed by atoms with van der Waals surface area (Å²) in [5.74, 6) is -0.878. The van der Waals surface area contributed by atoms with E-state index in [1.807, 2.05) is 0 Å². The van der Waals surface area contributed by atoms with Gasteiger partial charge in [0.1, 0.15) is 0 Å². The van der Waals surface area contributed by atoms with Crippen LogP contribution in [0.1, 0.15) is 32.1 Å². The van der Waals surface area contributed by atoms with Crippen molar-refractivity contribution < 1.29 is 23.1 Å². The molecule has 0 bridgehead atoms. The van der Waals surface area contributed by atoms with Crippen LogP contribution in [0.2, 0.25) is 0 Å². The fraction of sp³-hybridized carbons (Fsp3) is 0.467. The molecule has 1 aliphatic rings. The van der Waals surface area contributed by atoms with Crippen molar-refractivity contribution in [3.8, 4) is 0 Å². The summed E-state index contributed by atoms with van der Waals surface area (Å²) in [6.07, 6.45) is 1.93. The molecule has 0 atom stereocenters. The van der Waals surface area contributed by atoms with E-state index in [0.717, 1.165) is 0 Å². The van der Waals surface area contributed by atoms with E-state index in [-0.39, 0.29) is 24.5 Å². The van der Waals surface area contributed by atoms with Crippen molar-refractivity contribution in [1.82, 2.24) is 0 Å². The van der Waals surface area contributed by atoms with E-state index in [0.29, 0.717) is 37.2 Å². The van der Waals surface area contributed by atoms with Gasteiger partial charge in [0.05, 0.1) is 11.4 Å². The number of hydrogen-bond donors (Lipinski definition) is 2. The van der Waals surface area contributed by atoms with Gasteiger partial charge in [0.2, 0.25) is 15.9 Å². The highest BCUT2D eigenvalue weighted by Gasteiger charge is 2.28. The summed E-state index contributed by atoms with van der Waals surface area (Å²) in [6.45, 7) is 0.484. The van der Waals surface area contributed by atoms with E-state index in [2.05, 4.69) is 5.32 Å². The average Bonchev–Trinajstić information content (AvgIpc) is 2.84. The number of amides is 1. The fourth-order valence-corrected chi connectivity index (χ4v) is 3.99. The van der Waals surface area contributed by atoms with Crippen molar-refractivity contribution in [2.45, 2.75) is 32.1 Å². The van der Waals surface area contributed by atoms with Crippen molar-refractivity contribution in [3.05, 3.63) is 24.3 Å². The smallest absolute Gasteiger partial charge is 0.303 e. The molecule has 0 aliphatic carbocycles. The highest BCUT2D eigenvalue weighted by atomic mass is 32.2. The Balaban J connectivity index is 1.85. The van der Waals surface area contributed by atoms with Crippen LogP contribution in [0.15, 0.2) is 24.3 Å². The standard InChI is InChI=1S/C15H20N2O5S/c18-14(4-1-2-5-15(19)20)16-12-6-8-13(9-7-12)17-10-3-11-23(17,21)22/h6-9H,1-5,10-11H2,(H,16,18)(H,19,20). The first kappa shape index (κ1) is 17.3. The van der Waals surface area contributed by atoms with Crippen LogP contribution in [0.25, 0.3) is 0 Å². The molecule has 1 aromatic carbocycles. The minimum atomic E-state index is -3.20. The van der Waals surface area contributed by atoms with Crippen molar-refractivity contribution >= 4 is 33.3 Å². The molecule has 1 amide bonds. The molecule has 2 rings (SSSR count). The molecule has 0 saturated carbocycles. The van der Waals surface area contributed by atoms with Gasteiger partial charge >= 0.3 is 5.97 Å². The number of benzene rings is 1. The molecule has 0 radical (unpaired) electrons. The lowest BCUT2D eigenvalue weighted by molar-refractivity contribution is -0.137. The quantitative estimate of drug-likeness (QED) is 0.737. The molecule has 1 saturated heterocycles. The molecule has 1 fully saturated rings. The van der Waals surface area contributed by atoms with Gasteiger partial charge in [0.15, 0.2) is 0 Å². The van der Waals surface area contributed by atoms with Gasteiger partial charge in [-0.25, -0.2) is 8.42 Å². The topological polar surface area (TPSA) is 104 Å². The summed E-state index contributed by atoms with van der Waals surface area (Å²) >= 11 is 0. The van der Waals surface area contributed by atoms with Crippen molar-refractivity contribution in [3.63, 3.8) is 0 Å². The van der Waals surface area contributed by atoms with Crippen molar-refractivity contribution in [2.75, 3.05) is 21.9 Å². The molecular formula is C15H20N2O5S. The molecular weight excluding hydrogens is 320 g/mol. The number of unbranched alkanes of at least 4 members (excludes halogenated alkanes) is 1. The Kier molecular flexibility index (Phi) is 5.59. The SMILES string of the molecule is O=C(O)CCCCC(=O)Nc1ccc(N2CCCS2(=O)=O)cc1. The maximum absolute atomic E-state index is 11.8. The second-order valence-corrected chi connectivity index (χ2v) is 7.45. The Hall–Kier alpha value is -2.09. The zero-order valence-corrected chi connectivity index (χ0v) is 13.5. The van der Waals surface area contributed by atoms with E-state index in [9.17, 15) is 18.0 Å². The summed E-state index contributed by atoms with van der Waals surface area (Å²) in [5.41, 5.74) is 1.19. The number of carboxylic acid groups (broad SMARTS) is 1. The molecule has 2 N–H and O–H groups in total. The number of nitrogens with one attached hydrogen (secondary N) is 1. The Bertz CT molecular complexity index is 670. The van der Waals surface area contributed by atoms with E-state index in [1.54, 1.807) is 24.3 Å². The summed E-state index contributed by atoms with van der Waals surface area (Å²) in [7, 11) is -3.20. The molecule has 0 aromatic heterocycles. The molecule has 1 aliphatic heterocycles. The largest absolute Gasteiger partial charge is 0.481 e. The number of aliphatic carboxylic acids is 1. The number of carbonyl (C=O) groups excluding carboxylic acids is 1. The van der Waals surface area contributed by atoms with Crippen LogP contribution in [0.5, 0.6) is 0 Å². The van der Waals surface area contributed by atoms with Crippen LogP contribution >= 0.6 is 0 Å². The third kappa shape index (κ3) is 4.95. The fourth-order valence-electron chi connectivity index (χ4n) is 2.43. The molecule has 7 nitrogen and oxygen atoms in total. The normalized spacial score (nSPS) is 16.3. The molecule has 1 heterocycles. The van der Waals surface area contributed by atoms with Gasteiger partial charge in [0.25, 0.3) is 0 Å². The summed E-state index contributed by atoms with van der Waals surface area (Å²) in [5, 5.41) is 11.2. The van der Waals surface area contributed by atoms with Gasteiger partial charge in [-0.2, -0.15) is 0 Å². The maximum atomic E-state index is 11.8. The van der Waals surface area contributed by atoms with Gasteiger partial charge < -0.3 is 10.4 Å². The first-order chi connectivity index (χ1) is 10.9. The Morgan fingerprint density at radius 2 is 1.78 bits per heavy atom. The minimum absolute atomic E-state index is 0.0618. The summed E-state index contributed by atoms with van der Waals surface area (Å²) < 4.78 is 25.0. The number of nitrogens with zero attached hydrogens (tertiary/aromatic N) is 1. The van der Waals surface area contributed by atoms with E-state index in [4.69, 9.17) is 5.11 Å². The Morgan fingerprint density at radius 3 is 2.35 bits per heavy atom. The second kappa shape index (κ2) is 7.45. The molecule has 126 valence electrons. The van der Waals surface area contributed by atoms with Crippen LogP contribution in [0.4, 0.5) is 11.4 Å². The van der Waals surface area contributed by atoms with Crippen LogP contribution < -0.4 is 9.62 Å². The van der Waals surface area contributed by atoms with Gasteiger partial charge in [-0.05, 0) is 43.5 Å². The lowest BCUT2D eigenvalue weighted by atomic mass is 10.2. The molecule has 23 heavy (non-hydrogen) atoms. The molecule has 0 unspecified atom stereocenters.